The van der Waals surface area contributed by atoms with E-state index in [1.165, 1.54) is 6.07 Å². The van der Waals surface area contributed by atoms with Crippen LogP contribution in [-0.4, -0.2) is 6.29 Å². The highest BCUT2D eigenvalue weighted by molar-refractivity contribution is 6.30. The third-order valence-corrected chi connectivity index (χ3v) is 4.17. The van der Waals surface area contributed by atoms with E-state index in [2.05, 4.69) is 26.1 Å². The zero-order valence-corrected chi connectivity index (χ0v) is 13.9. The highest BCUT2D eigenvalue weighted by atomic mass is 35.5. The summed E-state index contributed by atoms with van der Waals surface area (Å²) in [5.74, 6) is 0.467. The fourth-order valence-electron chi connectivity index (χ4n) is 2.70. The molecule has 0 aliphatic carbocycles. The van der Waals surface area contributed by atoms with Crippen LogP contribution in [0.25, 0.3) is 5.57 Å². The Morgan fingerprint density at radius 3 is 2.65 bits per heavy atom. The molecule has 1 atom stereocenters. The molecule has 23 heavy (non-hydrogen) atoms. The van der Waals surface area contributed by atoms with Crippen molar-refractivity contribution in [2.45, 2.75) is 26.8 Å². The Kier molecular flexibility index (Phi) is 3.80. The average Bonchev–Trinajstić information content (AvgIpc) is 2.90. The van der Waals surface area contributed by atoms with Gasteiger partial charge in [-0.05, 0) is 23.1 Å². The van der Waals surface area contributed by atoms with Gasteiger partial charge in [-0.1, -0.05) is 44.5 Å². The molecule has 1 aliphatic rings. The molecule has 1 aromatic carbocycles. The van der Waals surface area contributed by atoms with Crippen LogP contribution in [0.15, 0.2) is 34.8 Å². The molecule has 0 spiro atoms. The van der Waals surface area contributed by atoms with Crippen molar-refractivity contribution < 1.29 is 13.6 Å². The van der Waals surface area contributed by atoms with Crippen LogP contribution in [0.3, 0.4) is 0 Å². The van der Waals surface area contributed by atoms with Gasteiger partial charge in [-0.2, -0.15) is 0 Å². The van der Waals surface area contributed by atoms with Gasteiger partial charge in [-0.3, -0.25) is 4.79 Å². The second kappa shape index (κ2) is 5.53. The van der Waals surface area contributed by atoms with Gasteiger partial charge in [0.2, 0.25) is 0 Å². The largest absolute Gasteiger partial charge is 0.451 e. The van der Waals surface area contributed by atoms with Crippen molar-refractivity contribution in [1.82, 2.24) is 0 Å². The fourth-order valence-corrected chi connectivity index (χ4v) is 2.82. The number of benzene rings is 1. The van der Waals surface area contributed by atoms with E-state index in [0.29, 0.717) is 12.0 Å². The standard InChI is InChI=1S/C18H17ClFNO2/c1-18(2,3)12-8-15(10-4-5-13(19)14(20)6-10)21-16-7-11(9-22)23-17(12)16/h4-9,15,21H,1-3H3. The van der Waals surface area contributed by atoms with Crippen LogP contribution in [0.5, 0.6) is 0 Å². The number of hydrogen-bond acceptors (Lipinski definition) is 3. The molecule has 2 heterocycles. The number of carbonyl (C=O) groups is 1. The molecule has 0 saturated heterocycles. The van der Waals surface area contributed by atoms with E-state index >= 15 is 0 Å². The fraction of sp³-hybridized carbons (Fsp3) is 0.278. The van der Waals surface area contributed by atoms with Gasteiger partial charge in [0, 0.05) is 11.6 Å². The summed E-state index contributed by atoms with van der Waals surface area (Å²) in [4.78, 5) is 11.0. The zero-order valence-electron chi connectivity index (χ0n) is 13.1. The van der Waals surface area contributed by atoms with E-state index in [-0.39, 0.29) is 22.2 Å². The molecule has 0 bridgehead atoms. The normalized spacial score (nSPS) is 17.3. The van der Waals surface area contributed by atoms with Crippen LogP contribution in [0.4, 0.5) is 10.1 Å². The Morgan fingerprint density at radius 1 is 1.30 bits per heavy atom. The first-order chi connectivity index (χ1) is 10.8. The number of aldehydes is 1. The maximum absolute atomic E-state index is 13.8. The molecule has 0 amide bonds. The maximum Gasteiger partial charge on any atom is 0.185 e. The number of fused-ring (bicyclic) bond motifs is 1. The molecular weight excluding hydrogens is 317 g/mol. The predicted molar refractivity (Wildman–Crippen MR) is 89.3 cm³/mol. The first kappa shape index (κ1) is 15.8. The molecule has 0 saturated carbocycles. The highest BCUT2D eigenvalue weighted by Gasteiger charge is 2.31. The van der Waals surface area contributed by atoms with Crippen LogP contribution >= 0.6 is 11.6 Å². The third-order valence-electron chi connectivity index (χ3n) is 3.87. The van der Waals surface area contributed by atoms with Gasteiger partial charge in [0.15, 0.2) is 17.8 Å². The van der Waals surface area contributed by atoms with Crippen LogP contribution in [0.2, 0.25) is 5.02 Å². The maximum atomic E-state index is 13.8. The summed E-state index contributed by atoms with van der Waals surface area (Å²) in [7, 11) is 0. The number of nitrogens with one attached hydrogen (secondary N) is 1. The van der Waals surface area contributed by atoms with Gasteiger partial charge >= 0.3 is 0 Å². The Labute approximate surface area is 139 Å². The lowest BCUT2D eigenvalue weighted by molar-refractivity contribution is 0.110. The number of hydrogen-bond donors (Lipinski definition) is 1. The monoisotopic (exact) mass is 333 g/mol. The molecular formula is C18H17ClFNO2. The molecule has 0 fully saturated rings. The Bertz CT molecular complexity index is 802. The van der Waals surface area contributed by atoms with Crippen LogP contribution in [-0.2, 0) is 0 Å². The minimum absolute atomic E-state index is 0.0943. The lowest BCUT2D eigenvalue weighted by Crippen LogP contribution is -2.19. The van der Waals surface area contributed by atoms with Gasteiger partial charge in [0.25, 0.3) is 0 Å². The van der Waals surface area contributed by atoms with Crippen molar-refractivity contribution in [3.05, 3.63) is 58.3 Å². The van der Waals surface area contributed by atoms with Gasteiger partial charge in [0.05, 0.1) is 16.8 Å². The highest BCUT2D eigenvalue weighted by Crippen LogP contribution is 2.45. The molecule has 1 aliphatic heterocycles. The molecule has 1 N–H and O–H groups in total. The smallest absolute Gasteiger partial charge is 0.185 e. The van der Waals surface area contributed by atoms with Gasteiger partial charge in [-0.15, -0.1) is 0 Å². The van der Waals surface area contributed by atoms with E-state index in [1.54, 1.807) is 18.2 Å². The Balaban J connectivity index is 2.10. The minimum atomic E-state index is -0.455. The van der Waals surface area contributed by atoms with E-state index in [4.69, 9.17) is 16.0 Å². The third kappa shape index (κ3) is 2.91. The Hall–Kier alpha value is -2.07. The number of halogens is 2. The second-order valence-electron chi connectivity index (χ2n) is 6.64. The van der Waals surface area contributed by atoms with Crippen molar-refractivity contribution in [2.24, 2.45) is 5.41 Å². The number of rotatable bonds is 2. The molecule has 0 radical (unpaired) electrons. The van der Waals surface area contributed by atoms with E-state index in [9.17, 15) is 9.18 Å². The lowest BCUT2D eigenvalue weighted by atomic mass is 9.81. The van der Waals surface area contributed by atoms with Crippen molar-refractivity contribution in [3.63, 3.8) is 0 Å². The quantitative estimate of drug-likeness (QED) is 0.740. The van der Waals surface area contributed by atoms with E-state index in [0.717, 1.165) is 16.8 Å². The summed E-state index contributed by atoms with van der Waals surface area (Å²) >= 11 is 5.76. The van der Waals surface area contributed by atoms with Crippen molar-refractivity contribution in [2.75, 3.05) is 5.32 Å². The van der Waals surface area contributed by atoms with Crippen molar-refractivity contribution >= 4 is 29.1 Å². The molecule has 3 nitrogen and oxygen atoms in total. The van der Waals surface area contributed by atoms with Crippen LogP contribution in [0, 0.1) is 11.2 Å². The van der Waals surface area contributed by atoms with Crippen molar-refractivity contribution in [3.8, 4) is 0 Å². The average molecular weight is 334 g/mol. The predicted octanol–water partition coefficient (Wildman–Crippen LogP) is 5.48. The SMILES string of the molecule is CC(C)(C)C1=CC(c2ccc(Cl)c(F)c2)Nc2cc(C=O)oc21. The number of allylic oxidation sites excluding steroid dienone is 1. The van der Waals surface area contributed by atoms with Crippen LogP contribution in [0.1, 0.15) is 48.7 Å². The van der Waals surface area contributed by atoms with Crippen LogP contribution < -0.4 is 5.32 Å². The number of anilines is 1. The summed E-state index contributed by atoms with van der Waals surface area (Å²) in [6.45, 7) is 6.20. The summed E-state index contributed by atoms with van der Waals surface area (Å²) < 4.78 is 19.4. The number of furan rings is 1. The summed E-state index contributed by atoms with van der Waals surface area (Å²) in [6, 6.07) is 6.19. The molecule has 5 heteroatoms. The molecule has 3 rings (SSSR count). The minimum Gasteiger partial charge on any atom is -0.451 e. The molecule has 1 aromatic heterocycles. The first-order valence-corrected chi connectivity index (χ1v) is 7.70. The molecule has 2 aromatic rings. The van der Waals surface area contributed by atoms with Gasteiger partial charge in [0.1, 0.15) is 5.82 Å². The van der Waals surface area contributed by atoms with E-state index in [1.807, 2.05) is 6.08 Å². The first-order valence-electron chi connectivity index (χ1n) is 7.33. The van der Waals surface area contributed by atoms with Gasteiger partial charge in [-0.25, -0.2) is 4.39 Å². The summed E-state index contributed by atoms with van der Waals surface area (Å²) in [6.07, 6.45) is 2.68. The molecule has 120 valence electrons. The zero-order chi connectivity index (χ0) is 16.8. The van der Waals surface area contributed by atoms with Crippen molar-refractivity contribution in [1.29, 1.82) is 0 Å². The summed E-state index contributed by atoms with van der Waals surface area (Å²) in [5.41, 5.74) is 2.28. The summed E-state index contributed by atoms with van der Waals surface area (Å²) in [5, 5.41) is 3.37. The lowest BCUT2D eigenvalue weighted by Gasteiger charge is -2.30. The Morgan fingerprint density at radius 2 is 2.04 bits per heavy atom. The molecule has 1 unspecified atom stereocenters. The van der Waals surface area contributed by atoms with Gasteiger partial charge < -0.3 is 9.73 Å². The number of carbonyl (C=O) groups excluding carboxylic acids is 1. The van der Waals surface area contributed by atoms with E-state index < -0.39 is 5.82 Å². The second-order valence-corrected chi connectivity index (χ2v) is 7.04. The topological polar surface area (TPSA) is 42.2 Å².